The van der Waals surface area contributed by atoms with Gasteiger partial charge in [0.15, 0.2) is 0 Å². The Kier molecular flexibility index (Phi) is 17.9. The van der Waals surface area contributed by atoms with E-state index in [0.717, 1.165) is 31.5 Å². The fourth-order valence-electron chi connectivity index (χ4n) is 2.62. The maximum absolute atomic E-state index is 2.36. The van der Waals surface area contributed by atoms with Crippen molar-refractivity contribution in [1.29, 1.82) is 0 Å². The van der Waals surface area contributed by atoms with Crippen molar-refractivity contribution >= 4 is 70.6 Å². The van der Waals surface area contributed by atoms with Gasteiger partial charge in [0.05, 0.1) is 13.7 Å². The summed E-state index contributed by atoms with van der Waals surface area (Å²) in [4.78, 5) is 0. The van der Waals surface area contributed by atoms with Crippen molar-refractivity contribution in [2.75, 3.05) is 35.5 Å². The van der Waals surface area contributed by atoms with Crippen LogP contribution in [-0.2, 0) is 0 Å². The molecule has 0 amide bonds. The molecule has 2 saturated heterocycles. The highest BCUT2D eigenvalue weighted by Gasteiger charge is 2.29. The van der Waals surface area contributed by atoms with Gasteiger partial charge in [0, 0.05) is 11.5 Å². The highest BCUT2D eigenvalue weighted by molar-refractivity contribution is 8.18. The first-order valence-corrected chi connectivity index (χ1v) is 17.3. The Balaban J connectivity index is 0.000000397. The summed E-state index contributed by atoms with van der Waals surface area (Å²) in [7, 11) is 0. The summed E-state index contributed by atoms with van der Waals surface area (Å²) in [6.07, 6.45) is 5.75. The van der Waals surface area contributed by atoms with Crippen molar-refractivity contribution in [3.05, 3.63) is 0 Å². The normalized spacial score (nSPS) is 20.8. The van der Waals surface area contributed by atoms with E-state index in [9.17, 15) is 0 Å². The summed E-state index contributed by atoms with van der Waals surface area (Å²) in [5.41, 5.74) is 0.570. The molecule has 170 valence electrons. The molecule has 0 aromatic heterocycles. The fraction of sp³-hybridized carbons (Fsp3) is 1.00. The third kappa shape index (κ3) is 14.2. The van der Waals surface area contributed by atoms with Crippen LogP contribution in [0, 0.1) is 23.2 Å². The van der Waals surface area contributed by atoms with Gasteiger partial charge in [-0.2, -0.15) is 23.5 Å². The minimum absolute atomic E-state index is 0.570. The molecule has 0 saturated carbocycles. The Labute approximate surface area is 203 Å². The first kappa shape index (κ1) is 30.1. The van der Waals surface area contributed by atoms with Gasteiger partial charge in [-0.1, -0.05) is 55.4 Å². The Hall–Kier alpha value is 2.10. The van der Waals surface area contributed by atoms with E-state index in [1.807, 2.05) is 23.5 Å². The minimum atomic E-state index is 0.570. The van der Waals surface area contributed by atoms with Gasteiger partial charge < -0.3 is 0 Å². The second-order valence-corrected chi connectivity index (χ2v) is 16.8. The molecule has 0 aliphatic carbocycles. The van der Waals surface area contributed by atoms with Gasteiger partial charge in [-0.05, 0) is 53.6 Å². The lowest BCUT2D eigenvalue weighted by atomic mass is 10.00. The molecule has 2 heterocycles. The topological polar surface area (TPSA) is 0 Å². The Bertz CT molecular complexity index is 350. The molecule has 2 rings (SSSR count). The smallest absolute Gasteiger partial charge is 0.0525 e. The Morgan fingerprint density at radius 2 is 1.11 bits per heavy atom. The minimum Gasteiger partial charge on any atom is -0.151 e. The van der Waals surface area contributed by atoms with Crippen LogP contribution in [0.3, 0.4) is 0 Å². The summed E-state index contributed by atoms with van der Waals surface area (Å²) < 4.78 is 2.52. The maximum Gasteiger partial charge on any atom is 0.0525 e. The second-order valence-electron chi connectivity index (χ2n) is 9.19. The molecule has 0 aromatic rings. The van der Waals surface area contributed by atoms with E-state index >= 15 is 0 Å². The largest absolute Gasteiger partial charge is 0.151 e. The molecule has 2 aliphatic heterocycles. The number of hydrogen-bond donors (Lipinski definition) is 0. The van der Waals surface area contributed by atoms with E-state index in [0.29, 0.717) is 5.41 Å². The number of thioether (sulfide) groups is 6. The summed E-state index contributed by atoms with van der Waals surface area (Å²) >= 11 is 12.4. The summed E-state index contributed by atoms with van der Waals surface area (Å²) in [5, 5.41) is 0. The highest BCUT2D eigenvalue weighted by Crippen LogP contribution is 2.43. The molecule has 28 heavy (non-hydrogen) atoms. The van der Waals surface area contributed by atoms with Crippen LogP contribution in [-0.4, -0.2) is 49.3 Å². The van der Waals surface area contributed by atoms with Crippen molar-refractivity contribution < 1.29 is 0 Å². The molecule has 2 fully saturated rings. The molecule has 0 radical (unpaired) electrons. The predicted octanol–water partition coefficient (Wildman–Crippen LogP) is 9.01. The Morgan fingerprint density at radius 1 is 0.714 bits per heavy atom. The van der Waals surface area contributed by atoms with E-state index in [4.69, 9.17) is 0 Å². The molecule has 0 aromatic carbocycles. The van der Waals surface area contributed by atoms with Gasteiger partial charge in [-0.3, -0.25) is 0 Å². The van der Waals surface area contributed by atoms with E-state index < -0.39 is 0 Å². The number of hydrogen-bond acceptors (Lipinski definition) is 6. The molecule has 0 atom stereocenters. The molecule has 0 nitrogen and oxygen atoms in total. The molecule has 6 heteroatoms. The Morgan fingerprint density at radius 3 is 1.36 bits per heavy atom. The van der Waals surface area contributed by atoms with Crippen LogP contribution in [0.2, 0.25) is 0 Å². The predicted molar refractivity (Wildman–Crippen MR) is 151 cm³/mol. The zero-order valence-corrected chi connectivity index (χ0v) is 24.8. The zero-order valence-electron chi connectivity index (χ0n) is 19.9. The summed E-state index contributed by atoms with van der Waals surface area (Å²) in [6.45, 7) is 18.5. The van der Waals surface area contributed by atoms with Crippen LogP contribution in [0.1, 0.15) is 61.8 Å². The quantitative estimate of drug-likeness (QED) is 0.341. The van der Waals surface area contributed by atoms with Gasteiger partial charge in [0.1, 0.15) is 0 Å². The zero-order chi connectivity index (χ0) is 21.7. The third-order valence-corrected chi connectivity index (χ3v) is 15.5. The van der Waals surface area contributed by atoms with E-state index in [1.54, 1.807) is 0 Å². The van der Waals surface area contributed by atoms with Crippen LogP contribution in [0.15, 0.2) is 0 Å². The van der Waals surface area contributed by atoms with Crippen LogP contribution < -0.4 is 0 Å². The van der Waals surface area contributed by atoms with Crippen molar-refractivity contribution in [2.45, 2.75) is 75.6 Å². The standard InChI is InChI=1S/C9H18S2.C7H14S2.C6H14S2/c1-7(2)8-10-5-9(3,4)6-11-8;1-6(2)7-8-4-3-5-9-7;1-5(2)6(7-3)8-4/h7-8H,5-6H2,1-4H3;6-7H,3-5H2,1-2H3;5-6H,1-4H3. The first-order chi connectivity index (χ1) is 13.0. The molecule has 2 aliphatic rings. The summed E-state index contributed by atoms with van der Waals surface area (Å²) in [6, 6.07) is 0. The second kappa shape index (κ2) is 16.7. The van der Waals surface area contributed by atoms with Gasteiger partial charge in [-0.25, -0.2) is 0 Å². The van der Waals surface area contributed by atoms with Crippen LogP contribution in [0.25, 0.3) is 0 Å². The lowest BCUT2D eigenvalue weighted by molar-refractivity contribution is 0.485. The van der Waals surface area contributed by atoms with E-state index in [2.05, 4.69) is 115 Å². The lowest BCUT2D eigenvalue weighted by Gasteiger charge is -2.35. The van der Waals surface area contributed by atoms with E-state index in [1.165, 1.54) is 29.4 Å². The van der Waals surface area contributed by atoms with Crippen LogP contribution in [0.4, 0.5) is 0 Å². The molecule has 0 bridgehead atoms. The molecule has 0 N–H and O–H groups in total. The monoisotopic (exact) mass is 502 g/mol. The first-order valence-electron chi connectivity index (χ1n) is 10.6. The third-order valence-electron chi connectivity index (χ3n) is 4.23. The molecular weight excluding hydrogens is 457 g/mol. The van der Waals surface area contributed by atoms with Crippen molar-refractivity contribution in [1.82, 2.24) is 0 Å². The fourth-order valence-corrected chi connectivity index (χ4v) is 10.6. The van der Waals surface area contributed by atoms with Gasteiger partial charge in [0.25, 0.3) is 0 Å². The summed E-state index contributed by atoms with van der Waals surface area (Å²) in [5.74, 6) is 7.94. The van der Waals surface area contributed by atoms with Gasteiger partial charge >= 0.3 is 0 Å². The lowest BCUT2D eigenvalue weighted by Crippen LogP contribution is -2.27. The molecule has 0 unspecified atom stereocenters. The molecular formula is C22H46S6. The maximum atomic E-state index is 2.36. The average Bonchev–Trinajstić information content (AvgIpc) is 2.64. The average molecular weight is 503 g/mol. The molecule has 0 spiro atoms. The van der Waals surface area contributed by atoms with Crippen molar-refractivity contribution in [3.63, 3.8) is 0 Å². The SMILES string of the molecule is CC(C)C1SCC(C)(C)CS1.CC(C)C1SCCCS1.CSC(SC)C(C)C. The van der Waals surface area contributed by atoms with Crippen LogP contribution >= 0.6 is 70.6 Å². The van der Waals surface area contributed by atoms with Crippen molar-refractivity contribution in [2.24, 2.45) is 23.2 Å². The van der Waals surface area contributed by atoms with Crippen LogP contribution in [0.5, 0.6) is 0 Å². The number of rotatable bonds is 5. The van der Waals surface area contributed by atoms with Crippen molar-refractivity contribution in [3.8, 4) is 0 Å². The van der Waals surface area contributed by atoms with Gasteiger partial charge in [-0.15, -0.1) is 47.0 Å². The van der Waals surface area contributed by atoms with Gasteiger partial charge in [0.2, 0.25) is 0 Å². The van der Waals surface area contributed by atoms with E-state index in [-0.39, 0.29) is 0 Å². The highest BCUT2D eigenvalue weighted by atomic mass is 32.2.